The number of pyridine rings is 1. The standard InChI is InChI=1S/C14H15N3O3/c18-8-2-4-10-3-1-7-15-13(10)14(20)17-11-5-6-12(19)16-9-11/h1,3,7,11,18H,5-6,8-9H2,(H,16,19)(H,17,20). The van der Waals surface area contributed by atoms with Crippen LogP contribution in [0.3, 0.4) is 0 Å². The van der Waals surface area contributed by atoms with Crippen molar-refractivity contribution in [1.29, 1.82) is 0 Å². The zero-order chi connectivity index (χ0) is 14.4. The lowest BCUT2D eigenvalue weighted by molar-refractivity contribution is -0.122. The Bertz CT molecular complexity index is 565. The van der Waals surface area contributed by atoms with E-state index in [1.807, 2.05) is 0 Å². The van der Waals surface area contributed by atoms with Crippen LogP contribution in [0.1, 0.15) is 28.9 Å². The first-order chi connectivity index (χ1) is 9.70. The third-order valence-electron chi connectivity index (χ3n) is 2.93. The second kappa shape index (κ2) is 6.68. The molecule has 0 bridgehead atoms. The smallest absolute Gasteiger partial charge is 0.271 e. The summed E-state index contributed by atoms with van der Waals surface area (Å²) in [5.41, 5.74) is 0.698. The highest BCUT2D eigenvalue weighted by Gasteiger charge is 2.21. The van der Waals surface area contributed by atoms with Gasteiger partial charge in [0.1, 0.15) is 12.3 Å². The fourth-order valence-electron chi connectivity index (χ4n) is 1.93. The minimum absolute atomic E-state index is 0.00263. The topological polar surface area (TPSA) is 91.3 Å². The predicted molar refractivity (Wildman–Crippen MR) is 71.7 cm³/mol. The van der Waals surface area contributed by atoms with Crippen molar-refractivity contribution < 1.29 is 14.7 Å². The molecule has 1 aromatic rings. The number of amides is 2. The molecule has 104 valence electrons. The average Bonchev–Trinajstić information content (AvgIpc) is 2.47. The van der Waals surface area contributed by atoms with Gasteiger partial charge in [-0.15, -0.1) is 0 Å². The van der Waals surface area contributed by atoms with Crippen molar-refractivity contribution in [3.8, 4) is 11.8 Å². The number of nitrogens with one attached hydrogen (secondary N) is 2. The molecule has 0 radical (unpaired) electrons. The first-order valence-corrected chi connectivity index (χ1v) is 6.33. The van der Waals surface area contributed by atoms with Crippen LogP contribution in [0.25, 0.3) is 0 Å². The van der Waals surface area contributed by atoms with Gasteiger partial charge in [-0.3, -0.25) is 9.59 Å². The van der Waals surface area contributed by atoms with Gasteiger partial charge in [-0.05, 0) is 18.6 Å². The summed E-state index contributed by atoms with van der Waals surface area (Å²) >= 11 is 0. The Hall–Kier alpha value is -2.39. The number of rotatable bonds is 2. The van der Waals surface area contributed by atoms with Crippen molar-refractivity contribution in [3.05, 3.63) is 29.6 Å². The van der Waals surface area contributed by atoms with Crippen LogP contribution < -0.4 is 10.6 Å². The van der Waals surface area contributed by atoms with E-state index in [0.717, 1.165) is 0 Å². The van der Waals surface area contributed by atoms with Gasteiger partial charge in [-0.1, -0.05) is 11.8 Å². The monoisotopic (exact) mass is 273 g/mol. The maximum Gasteiger partial charge on any atom is 0.271 e. The third-order valence-corrected chi connectivity index (χ3v) is 2.93. The zero-order valence-electron chi connectivity index (χ0n) is 10.8. The van der Waals surface area contributed by atoms with E-state index in [1.165, 1.54) is 6.20 Å². The molecule has 6 heteroatoms. The van der Waals surface area contributed by atoms with Gasteiger partial charge in [-0.25, -0.2) is 4.98 Å². The quantitative estimate of drug-likeness (QED) is 0.630. The summed E-state index contributed by atoms with van der Waals surface area (Å²) < 4.78 is 0. The van der Waals surface area contributed by atoms with E-state index in [1.54, 1.807) is 12.1 Å². The van der Waals surface area contributed by atoms with E-state index in [9.17, 15) is 9.59 Å². The van der Waals surface area contributed by atoms with Crippen LogP contribution in [0.2, 0.25) is 0 Å². The molecule has 1 unspecified atom stereocenters. The largest absolute Gasteiger partial charge is 0.384 e. The lowest BCUT2D eigenvalue weighted by Crippen LogP contribution is -2.48. The Morgan fingerprint density at radius 2 is 2.45 bits per heavy atom. The van der Waals surface area contributed by atoms with Crippen LogP contribution in [-0.4, -0.2) is 41.1 Å². The van der Waals surface area contributed by atoms with Crippen LogP contribution in [-0.2, 0) is 4.79 Å². The average molecular weight is 273 g/mol. The van der Waals surface area contributed by atoms with E-state index in [4.69, 9.17) is 5.11 Å². The molecule has 20 heavy (non-hydrogen) atoms. The van der Waals surface area contributed by atoms with Crippen molar-refractivity contribution in [1.82, 2.24) is 15.6 Å². The van der Waals surface area contributed by atoms with E-state index in [2.05, 4.69) is 27.5 Å². The Kier molecular flexibility index (Phi) is 4.69. The Morgan fingerprint density at radius 3 is 3.15 bits per heavy atom. The first kappa shape index (κ1) is 14.0. The Balaban J connectivity index is 2.07. The molecule has 1 aliphatic heterocycles. The van der Waals surface area contributed by atoms with Crippen LogP contribution >= 0.6 is 0 Å². The van der Waals surface area contributed by atoms with Gasteiger partial charge in [0.2, 0.25) is 5.91 Å². The number of carbonyl (C=O) groups excluding carboxylic acids is 2. The van der Waals surface area contributed by atoms with Gasteiger partial charge in [0.15, 0.2) is 0 Å². The summed E-state index contributed by atoms with van der Waals surface area (Å²) in [5.74, 6) is 4.87. The van der Waals surface area contributed by atoms with Gasteiger partial charge in [0.05, 0.1) is 5.56 Å². The zero-order valence-corrected chi connectivity index (χ0v) is 10.8. The highest BCUT2D eigenvalue weighted by atomic mass is 16.2. The van der Waals surface area contributed by atoms with Crippen molar-refractivity contribution in [3.63, 3.8) is 0 Å². The minimum atomic E-state index is -0.325. The summed E-state index contributed by atoms with van der Waals surface area (Å²) in [4.78, 5) is 27.2. The van der Waals surface area contributed by atoms with E-state index in [-0.39, 0.29) is 30.2 Å². The highest BCUT2D eigenvalue weighted by Crippen LogP contribution is 2.07. The van der Waals surface area contributed by atoms with Crippen LogP contribution in [0, 0.1) is 11.8 Å². The Labute approximate surface area is 116 Å². The molecular formula is C14H15N3O3. The van der Waals surface area contributed by atoms with Crippen molar-refractivity contribution in [2.45, 2.75) is 18.9 Å². The first-order valence-electron chi connectivity index (χ1n) is 6.33. The molecule has 1 aromatic heterocycles. The van der Waals surface area contributed by atoms with Crippen LogP contribution in [0.5, 0.6) is 0 Å². The molecule has 1 atom stereocenters. The van der Waals surface area contributed by atoms with Gasteiger partial charge >= 0.3 is 0 Å². The Morgan fingerprint density at radius 1 is 1.60 bits per heavy atom. The number of hydrogen-bond donors (Lipinski definition) is 3. The van der Waals surface area contributed by atoms with Crippen molar-refractivity contribution in [2.24, 2.45) is 0 Å². The van der Waals surface area contributed by atoms with Crippen LogP contribution in [0.15, 0.2) is 18.3 Å². The second-order valence-corrected chi connectivity index (χ2v) is 4.37. The molecule has 3 N–H and O–H groups in total. The van der Waals surface area contributed by atoms with Gasteiger partial charge < -0.3 is 15.7 Å². The van der Waals surface area contributed by atoms with Gasteiger partial charge in [0.25, 0.3) is 5.91 Å². The summed E-state index contributed by atoms with van der Waals surface area (Å²) in [6, 6.07) is 3.26. The van der Waals surface area contributed by atoms with E-state index < -0.39 is 0 Å². The summed E-state index contributed by atoms with van der Waals surface area (Å²) in [5, 5.41) is 14.2. The number of aliphatic hydroxyl groups is 1. The number of carbonyl (C=O) groups is 2. The van der Waals surface area contributed by atoms with Crippen molar-refractivity contribution >= 4 is 11.8 Å². The molecule has 1 saturated heterocycles. The molecular weight excluding hydrogens is 258 g/mol. The van der Waals surface area contributed by atoms with E-state index >= 15 is 0 Å². The van der Waals surface area contributed by atoms with Gasteiger partial charge in [-0.2, -0.15) is 0 Å². The lowest BCUT2D eigenvalue weighted by Gasteiger charge is -2.23. The number of hydrogen-bond acceptors (Lipinski definition) is 4. The molecule has 2 amide bonds. The summed E-state index contributed by atoms with van der Waals surface area (Å²) in [7, 11) is 0. The lowest BCUT2D eigenvalue weighted by atomic mass is 10.1. The van der Waals surface area contributed by atoms with E-state index in [0.29, 0.717) is 24.9 Å². The summed E-state index contributed by atoms with van der Waals surface area (Å²) in [6.07, 6.45) is 2.54. The fourth-order valence-corrected chi connectivity index (χ4v) is 1.93. The number of aliphatic hydroxyl groups excluding tert-OH is 1. The molecule has 2 rings (SSSR count). The molecule has 0 aromatic carbocycles. The molecule has 0 saturated carbocycles. The van der Waals surface area contributed by atoms with Gasteiger partial charge in [0, 0.05) is 25.2 Å². The normalized spacial score (nSPS) is 17.6. The fraction of sp³-hybridized carbons (Fsp3) is 0.357. The molecule has 2 heterocycles. The SMILES string of the molecule is O=C1CCC(NC(=O)c2ncccc2C#CCO)CN1. The number of piperidine rings is 1. The number of aromatic nitrogens is 1. The maximum atomic E-state index is 12.2. The predicted octanol–water partition coefficient (Wildman–Crippen LogP) is -0.566. The molecule has 6 nitrogen and oxygen atoms in total. The number of nitrogens with zero attached hydrogens (tertiary/aromatic N) is 1. The third kappa shape index (κ3) is 3.56. The highest BCUT2D eigenvalue weighted by molar-refractivity contribution is 5.95. The molecule has 0 aliphatic carbocycles. The van der Waals surface area contributed by atoms with Crippen molar-refractivity contribution in [2.75, 3.05) is 13.2 Å². The molecule has 1 aliphatic rings. The summed E-state index contributed by atoms with van der Waals surface area (Å²) in [6.45, 7) is 0.152. The maximum absolute atomic E-state index is 12.2. The second-order valence-electron chi connectivity index (χ2n) is 4.37. The molecule has 0 spiro atoms. The van der Waals surface area contributed by atoms with Crippen LogP contribution in [0.4, 0.5) is 0 Å². The molecule has 1 fully saturated rings. The minimum Gasteiger partial charge on any atom is -0.384 e.